The van der Waals surface area contributed by atoms with Crippen molar-refractivity contribution < 1.29 is 14.2 Å². The summed E-state index contributed by atoms with van der Waals surface area (Å²) in [4.78, 5) is 0. The minimum absolute atomic E-state index is 0.246. The molecular weight excluding hydrogens is 302 g/mol. The zero-order valence-electron chi connectivity index (χ0n) is 14.2. The SMILES string of the molecule is COc1cc2c(cc1CNC1CCOc3ccccc31)OC(C)C2. The highest BCUT2D eigenvalue weighted by Gasteiger charge is 2.24. The van der Waals surface area contributed by atoms with Crippen LogP contribution in [-0.4, -0.2) is 19.8 Å². The second-order valence-electron chi connectivity index (χ2n) is 6.51. The highest BCUT2D eigenvalue weighted by atomic mass is 16.5. The lowest BCUT2D eigenvalue weighted by atomic mass is 10.00. The first kappa shape index (κ1) is 15.3. The van der Waals surface area contributed by atoms with Crippen LogP contribution in [0.3, 0.4) is 0 Å². The molecule has 0 amide bonds. The van der Waals surface area contributed by atoms with Gasteiger partial charge in [-0.05, 0) is 25.1 Å². The number of rotatable bonds is 4. The van der Waals surface area contributed by atoms with Crippen LogP contribution in [0, 0.1) is 0 Å². The highest BCUT2D eigenvalue weighted by Crippen LogP contribution is 2.36. The molecule has 2 atom stereocenters. The maximum absolute atomic E-state index is 5.89. The van der Waals surface area contributed by atoms with Crippen molar-refractivity contribution in [3.63, 3.8) is 0 Å². The molecule has 0 saturated heterocycles. The summed E-state index contributed by atoms with van der Waals surface area (Å²) in [6.45, 7) is 3.59. The van der Waals surface area contributed by atoms with E-state index in [1.165, 1.54) is 11.1 Å². The number of hydrogen-bond donors (Lipinski definition) is 1. The maximum atomic E-state index is 5.89. The second kappa shape index (κ2) is 6.36. The smallest absolute Gasteiger partial charge is 0.124 e. The molecule has 2 unspecified atom stereocenters. The Balaban J connectivity index is 1.54. The number of ether oxygens (including phenoxy) is 3. The molecule has 0 aromatic heterocycles. The average Bonchev–Trinajstić information content (AvgIpc) is 2.97. The minimum Gasteiger partial charge on any atom is -0.496 e. The molecule has 0 fully saturated rings. The van der Waals surface area contributed by atoms with Gasteiger partial charge in [0.25, 0.3) is 0 Å². The molecule has 2 aromatic carbocycles. The van der Waals surface area contributed by atoms with E-state index in [0.717, 1.165) is 48.8 Å². The van der Waals surface area contributed by atoms with Gasteiger partial charge in [-0.1, -0.05) is 18.2 Å². The van der Waals surface area contributed by atoms with Crippen LogP contribution in [0.4, 0.5) is 0 Å². The Morgan fingerprint density at radius 1 is 1.21 bits per heavy atom. The lowest BCUT2D eigenvalue weighted by molar-refractivity contribution is 0.250. The third-order valence-corrected chi connectivity index (χ3v) is 4.80. The summed E-state index contributed by atoms with van der Waals surface area (Å²) in [5.41, 5.74) is 3.60. The predicted octanol–water partition coefficient (Wildman–Crippen LogP) is 3.63. The largest absolute Gasteiger partial charge is 0.496 e. The van der Waals surface area contributed by atoms with Gasteiger partial charge in [-0.3, -0.25) is 0 Å². The summed E-state index contributed by atoms with van der Waals surface area (Å²) in [5.74, 6) is 2.91. The van der Waals surface area contributed by atoms with Gasteiger partial charge in [0.1, 0.15) is 23.4 Å². The molecule has 2 aliphatic rings. The molecule has 4 heteroatoms. The van der Waals surface area contributed by atoms with Crippen molar-refractivity contribution in [2.75, 3.05) is 13.7 Å². The minimum atomic E-state index is 0.246. The fourth-order valence-electron chi connectivity index (χ4n) is 3.60. The van der Waals surface area contributed by atoms with Crippen LogP contribution in [0.25, 0.3) is 0 Å². The Hall–Kier alpha value is -2.20. The molecule has 2 heterocycles. The van der Waals surface area contributed by atoms with Gasteiger partial charge in [0, 0.05) is 42.1 Å². The monoisotopic (exact) mass is 325 g/mol. The highest BCUT2D eigenvalue weighted by molar-refractivity contribution is 5.49. The first-order valence-corrected chi connectivity index (χ1v) is 8.56. The molecule has 0 saturated carbocycles. The van der Waals surface area contributed by atoms with Gasteiger partial charge in [0.2, 0.25) is 0 Å². The Morgan fingerprint density at radius 3 is 2.96 bits per heavy atom. The molecule has 4 nitrogen and oxygen atoms in total. The summed E-state index contributed by atoms with van der Waals surface area (Å²) in [7, 11) is 1.73. The summed E-state index contributed by atoms with van der Waals surface area (Å²) >= 11 is 0. The number of fused-ring (bicyclic) bond motifs is 2. The zero-order chi connectivity index (χ0) is 16.5. The van der Waals surface area contributed by atoms with Crippen molar-refractivity contribution in [3.05, 3.63) is 53.1 Å². The topological polar surface area (TPSA) is 39.7 Å². The first-order valence-electron chi connectivity index (χ1n) is 8.56. The van der Waals surface area contributed by atoms with E-state index in [1.54, 1.807) is 7.11 Å². The van der Waals surface area contributed by atoms with Gasteiger partial charge in [-0.25, -0.2) is 0 Å². The Labute approximate surface area is 142 Å². The molecule has 126 valence electrons. The van der Waals surface area contributed by atoms with E-state index in [4.69, 9.17) is 14.2 Å². The van der Waals surface area contributed by atoms with Crippen molar-refractivity contribution in [2.24, 2.45) is 0 Å². The van der Waals surface area contributed by atoms with E-state index in [9.17, 15) is 0 Å². The van der Waals surface area contributed by atoms with Gasteiger partial charge in [-0.15, -0.1) is 0 Å². The van der Waals surface area contributed by atoms with Crippen molar-refractivity contribution in [1.29, 1.82) is 0 Å². The molecule has 0 bridgehead atoms. The fourth-order valence-corrected chi connectivity index (χ4v) is 3.60. The van der Waals surface area contributed by atoms with Crippen LogP contribution in [0.15, 0.2) is 36.4 Å². The fraction of sp³-hybridized carbons (Fsp3) is 0.400. The van der Waals surface area contributed by atoms with Crippen LogP contribution in [0.2, 0.25) is 0 Å². The van der Waals surface area contributed by atoms with Crippen molar-refractivity contribution in [2.45, 2.75) is 38.5 Å². The molecule has 0 aliphatic carbocycles. The standard InChI is InChI=1S/C20H23NO3/c1-13-9-14-10-19(22-2)15(11-20(14)24-13)12-21-17-7-8-23-18-6-4-3-5-16(17)18/h3-6,10-11,13,17,21H,7-9,12H2,1-2H3. The van der Waals surface area contributed by atoms with Gasteiger partial charge < -0.3 is 19.5 Å². The summed E-state index contributed by atoms with van der Waals surface area (Å²) in [5, 5.41) is 3.66. The van der Waals surface area contributed by atoms with Crippen LogP contribution in [0.1, 0.15) is 36.1 Å². The van der Waals surface area contributed by atoms with Crippen LogP contribution in [0.5, 0.6) is 17.2 Å². The molecule has 2 aliphatic heterocycles. The first-order chi connectivity index (χ1) is 11.7. The Bertz CT molecular complexity index is 744. The lowest BCUT2D eigenvalue weighted by Gasteiger charge is -2.27. The van der Waals surface area contributed by atoms with Gasteiger partial charge in [-0.2, -0.15) is 0 Å². The molecule has 0 spiro atoms. The summed E-state index contributed by atoms with van der Waals surface area (Å²) in [6, 6.07) is 12.8. The molecule has 4 rings (SSSR count). The lowest BCUT2D eigenvalue weighted by Crippen LogP contribution is -2.26. The van der Waals surface area contributed by atoms with E-state index in [0.29, 0.717) is 6.04 Å². The van der Waals surface area contributed by atoms with E-state index < -0.39 is 0 Å². The number of hydrogen-bond acceptors (Lipinski definition) is 4. The number of nitrogens with one attached hydrogen (secondary N) is 1. The summed E-state index contributed by atoms with van der Waals surface area (Å²) < 4.78 is 17.2. The third kappa shape index (κ3) is 2.82. The normalized spacial score (nSPS) is 21.4. The van der Waals surface area contributed by atoms with Crippen LogP contribution < -0.4 is 19.5 Å². The maximum Gasteiger partial charge on any atom is 0.124 e. The van der Waals surface area contributed by atoms with Crippen molar-refractivity contribution in [3.8, 4) is 17.2 Å². The van der Waals surface area contributed by atoms with Crippen LogP contribution in [-0.2, 0) is 13.0 Å². The number of methoxy groups -OCH3 is 1. The summed E-state index contributed by atoms with van der Waals surface area (Å²) in [6.07, 6.45) is 2.17. The van der Waals surface area contributed by atoms with Crippen LogP contribution >= 0.6 is 0 Å². The number of benzene rings is 2. The average molecular weight is 325 g/mol. The van der Waals surface area contributed by atoms with Crippen molar-refractivity contribution >= 4 is 0 Å². The molecule has 0 radical (unpaired) electrons. The quantitative estimate of drug-likeness (QED) is 0.932. The second-order valence-corrected chi connectivity index (χ2v) is 6.51. The van der Waals surface area contributed by atoms with Gasteiger partial charge >= 0.3 is 0 Å². The van der Waals surface area contributed by atoms with Gasteiger partial charge in [0.15, 0.2) is 0 Å². The number of para-hydroxylation sites is 1. The van der Waals surface area contributed by atoms with E-state index in [-0.39, 0.29) is 6.10 Å². The van der Waals surface area contributed by atoms with E-state index in [1.807, 2.05) is 12.1 Å². The molecular formula is C20H23NO3. The predicted molar refractivity (Wildman–Crippen MR) is 92.9 cm³/mol. The third-order valence-electron chi connectivity index (χ3n) is 4.80. The Morgan fingerprint density at radius 2 is 2.08 bits per heavy atom. The van der Waals surface area contributed by atoms with Crippen molar-refractivity contribution in [1.82, 2.24) is 5.32 Å². The molecule has 2 aromatic rings. The zero-order valence-corrected chi connectivity index (χ0v) is 14.2. The molecule has 1 N–H and O–H groups in total. The van der Waals surface area contributed by atoms with E-state index >= 15 is 0 Å². The molecule has 24 heavy (non-hydrogen) atoms. The van der Waals surface area contributed by atoms with Gasteiger partial charge in [0.05, 0.1) is 13.7 Å². The van der Waals surface area contributed by atoms with E-state index in [2.05, 4.69) is 36.5 Å². The Kier molecular flexibility index (Phi) is 4.07.